The number of alkyl halides is 3. The molecule has 0 heterocycles. The first kappa shape index (κ1) is 12.5. The summed E-state index contributed by atoms with van der Waals surface area (Å²) in [4.78, 5) is 21.2. The highest BCUT2D eigenvalue weighted by molar-refractivity contribution is 5.93. The Morgan fingerprint density at radius 1 is 1.36 bits per heavy atom. The second kappa shape index (κ2) is 4.64. The first-order chi connectivity index (χ1) is 6.26. The molecule has 0 aromatic heterocycles. The molecule has 80 valence electrons. The number of methoxy groups -OCH3 is 1. The Balaban J connectivity index is 4.81. The Morgan fingerprint density at radius 2 is 1.86 bits per heavy atom. The van der Waals surface area contributed by atoms with Crippen LogP contribution in [0.4, 0.5) is 13.2 Å². The van der Waals surface area contributed by atoms with Gasteiger partial charge in [-0.1, -0.05) is 0 Å². The van der Waals surface area contributed by atoms with Gasteiger partial charge in [-0.3, -0.25) is 4.79 Å². The molecule has 4 nitrogen and oxygen atoms in total. The van der Waals surface area contributed by atoms with E-state index in [-0.39, 0.29) is 6.08 Å². The molecule has 0 aliphatic rings. The van der Waals surface area contributed by atoms with Crippen LogP contribution in [-0.2, 0) is 14.3 Å². The number of esters is 1. The fourth-order valence-corrected chi connectivity index (χ4v) is 0.609. The van der Waals surface area contributed by atoms with E-state index in [2.05, 4.69) is 4.74 Å². The van der Waals surface area contributed by atoms with Crippen LogP contribution >= 0.6 is 0 Å². The normalized spacial score (nSPS) is 12.2. The predicted octanol–water partition coefficient (Wildman–Crippen LogP) is 0.742. The molecule has 0 radical (unpaired) electrons. The molecule has 0 fully saturated rings. The number of carbonyl (C=O) groups excluding carboxylic acids is 2. The Bertz CT molecular complexity index is 270. The van der Waals surface area contributed by atoms with Crippen molar-refractivity contribution in [3.8, 4) is 0 Å². The van der Waals surface area contributed by atoms with Crippen molar-refractivity contribution >= 4 is 11.9 Å². The minimum absolute atomic E-state index is 0.333. The van der Waals surface area contributed by atoms with E-state index in [0.29, 0.717) is 0 Å². The number of amides is 1. The molecule has 0 aliphatic heterocycles. The van der Waals surface area contributed by atoms with Crippen molar-refractivity contribution in [2.45, 2.75) is 13.1 Å². The van der Waals surface area contributed by atoms with Gasteiger partial charge >= 0.3 is 12.1 Å². The number of hydrogen-bond donors (Lipinski definition) is 1. The average molecular weight is 211 g/mol. The third-order valence-electron chi connectivity index (χ3n) is 1.02. The molecule has 0 unspecified atom stereocenters. The van der Waals surface area contributed by atoms with Crippen LogP contribution in [0.1, 0.15) is 6.92 Å². The lowest BCUT2D eigenvalue weighted by molar-refractivity contribution is -0.138. The van der Waals surface area contributed by atoms with E-state index in [1.165, 1.54) is 0 Å². The highest BCUT2D eigenvalue weighted by Crippen LogP contribution is 2.18. The summed E-state index contributed by atoms with van der Waals surface area (Å²) in [5, 5.41) is 1.71. The molecule has 0 aromatic rings. The van der Waals surface area contributed by atoms with Crippen molar-refractivity contribution in [2.75, 3.05) is 7.11 Å². The zero-order chi connectivity index (χ0) is 11.4. The number of nitrogens with one attached hydrogen (secondary N) is 1. The highest BCUT2D eigenvalue weighted by atomic mass is 19.4. The summed E-state index contributed by atoms with van der Waals surface area (Å²) in [5.74, 6) is -2.04. The summed E-state index contributed by atoms with van der Waals surface area (Å²) in [7, 11) is 0.911. The zero-order valence-electron chi connectivity index (χ0n) is 7.44. The van der Waals surface area contributed by atoms with Crippen LogP contribution in [-0.4, -0.2) is 25.2 Å². The van der Waals surface area contributed by atoms with Crippen molar-refractivity contribution in [3.63, 3.8) is 0 Å². The summed E-state index contributed by atoms with van der Waals surface area (Å²) >= 11 is 0. The number of rotatable bonds is 2. The maximum absolute atomic E-state index is 11.8. The highest BCUT2D eigenvalue weighted by Gasteiger charge is 2.27. The third-order valence-corrected chi connectivity index (χ3v) is 1.02. The Labute approximate surface area is 77.7 Å². The van der Waals surface area contributed by atoms with E-state index >= 15 is 0 Å². The van der Waals surface area contributed by atoms with Crippen molar-refractivity contribution in [2.24, 2.45) is 0 Å². The van der Waals surface area contributed by atoms with Crippen molar-refractivity contribution < 1.29 is 27.5 Å². The fourth-order valence-electron chi connectivity index (χ4n) is 0.609. The molecule has 14 heavy (non-hydrogen) atoms. The first-order valence-corrected chi connectivity index (χ1v) is 3.41. The van der Waals surface area contributed by atoms with Crippen molar-refractivity contribution in [1.82, 2.24) is 5.32 Å². The van der Waals surface area contributed by atoms with Gasteiger partial charge in [0.1, 0.15) is 5.70 Å². The summed E-state index contributed by atoms with van der Waals surface area (Å²) in [6.07, 6.45) is -5.02. The van der Waals surface area contributed by atoms with Crippen LogP contribution < -0.4 is 5.32 Å². The lowest BCUT2D eigenvalue weighted by Crippen LogP contribution is -2.27. The summed E-state index contributed by atoms with van der Waals surface area (Å²) in [5.41, 5.74) is -0.938. The molecule has 0 rings (SSSR count). The van der Waals surface area contributed by atoms with E-state index in [1.807, 2.05) is 0 Å². The fraction of sp³-hybridized carbons (Fsp3) is 0.429. The molecule has 7 heteroatoms. The van der Waals surface area contributed by atoms with E-state index in [9.17, 15) is 22.8 Å². The number of hydrogen-bond acceptors (Lipinski definition) is 3. The molecule has 0 saturated carbocycles. The molecule has 0 bridgehead atoms. The maximum atomic E-state index is 11.8. The standard InChI is InChI=1S/C7H8F3NO3/c1-4(12)11-5(6(13)14-2)3-7(8,9)10/h3H,1-2H3,(H,11,12)/b5-3+. The van der Waals surface area contributed by atoms with Crippen LogP contribution in [0.2, 0.25) is 0 Å². The van der Waals surface area contributed by atoms with Gasteiger partial charge in [0.05, 0.1) is 13.2 Å². The predicted molar refractivity (Wildman–Crippen MR) is 40.0 cm³/mol. The lowest BCUT2D eigenvalue weighted by Gasteiger charge is -2.07. The molecule has 0 aromatic carbocycles. The molecular formula is C7H8F3NO3. The van der Waals surface area contributed by atoms with Crippen LogP contribution in [0.15, 0.2) is 11.8 Å². The van der Waals surface area contributed by atoms with Gasteiger partial charge in [-0.15, -0.1) is 0 Å². The van der Waals surface area contributed by atoms with Gasteiger partial charge in [-0.25, -0.2) is 4.79 Å². The van der Waals surface area contributed by atoms with Gasteiger partial charge in [0, 0.05) is 6.92 Å². The van der Waals surface area contributed by atoms with E-state index in [4.69, 9.17) is 0 Å². The van der Waals surface area contributed by atoms with Crippen molar-refractivity contribution in [3.05, 3.63) is 11.8 Å². The topological polar surface area (TPSA) is 55.4 Å². The van der Waals surface area contributed by atoms with E-state index in [0.717, 1.165) is 14.0 Å². The summed E-state index contributed by atoms with van der Waals surface area (Å²) in [6.45, 7) is 0.979. The minimum Gasteiger partial charge on any atom is -0.464 e. The molecule has 0 spiro atoms. The van der Waals surface area contributed by atoms with Gasteiger partial charge in [0.15, 0.2) is 0 Å². The molecule has 1 amide bonds. The van der Waals surface area contributed by atoms with Gasteiger partial charge < -0.3 is 10.1 Å². The van der Waals surface area contributed by atoms with Crippen molar-refractivity contribution in [1.29, 1.82) is 0 Å². The second-order valence-electron chi connectivity index (χ2n) is 2.27. The largest absolute Gasteiger partial charge is 0.464 e. The van der Waals surface area contributed by atoms with Gasteiger partial charge in [0.2, 0.25) is 5.91 Å². The molecule has 0 atom stereocenters. The minimum atomic E-state index is -4.69. The Kier molecular flexibility index (Phi) is 4.13. The smallest absolute Gasteiger partial charge is 0.412 e. The number of halogens is 3. The summed E-state index contributed by atoms with van der Waals surface area (Å²) < 4.78 is 39.5. The number of allylic oxidation sites excluding steroid dienone is 1. The van der Waals surface area contributed by atoms with E-state index in [1.54, 1.807) is 5.32 Å². The second-order valence-corrected chi connectivity index (χ2v) is 2.27. The van der Waals surface area contributed by atoms with Crippen LogP contribution in [0.5, 0.6) is 0 Å². The van der Waals surface area contributed by atoms with Gasteiger partial charge in [-0.2, -0.15) is 13.2 Å². The van der Waals surface area contributed by atoms with Crippen LogP contribution in [0.25, 0.3) is 0 Å². The number of ether oxygens (including phenoxy) is 1. The third kappa shape index (κ3) is 5.18. The SMILES string of the molecule is COC(=O)/C(=C\C(F)(F)F)NC(C)=O. The Hall–Kier alpha value is -1.53. The lowest BCUT2D eigenvalue weighted by atomic mass is 10.4. The molecular weight excluding hydrogens is 203 g/mol. The number of carbonyl (C=O) groups is 2. The van der Waals surface area contributed by atoms with Crippen LogP contribution in [0, 0.1) is 0 Å². The molecule has 1 N–H and O–H groups in total. The summed E-state index contributed by atoms with van der Waals surface area (Å²) in [6, 6.07) is 0. The van der Waals surface area contributed by atoms with Gasteiger partial charge in [-0.05, 0) is 0 Å². The van der Waals surface area contributed by atoms with E-state index < -0.39 is 23.7 Å². The molecule has 0 aliphatic carbocycles. The Morgan fingerprint density at radius 3 is 2.14 bits per heavy atom. The first-order valence-electron chi connectivity index (χ1n) is 3.41. The zero-order valence-corrected chi connectivity index (χ0v) is 7.44. The quantitative estimate of drug-likeness (QED) is 0.541. The maximum Gasteiger partial charge on any atom is 0.412 e. The van der Waals surface area contributed by atoms with Crippen LogP contribution in [0.3, 0.4) is 0 Å². The molecule has 0 saturated heterocycles. The van der Waals surface area contributed by atoms with Gasteiger partial charge in [0.25, 0.3) is 0 Å². The average Bonchev–Trinajstić information content (AvgIpc) is 1.98. The monoisotopic (exact) mass is 211 g/mol.